The molecule has 1 rings (SSSR count). The van der Waals surface area contributed by atoms with Crippen LogP contribution >= 0.6 is 15.9 Å². The molecule has 72 valence electrons. The average Bonchev–Trinajstić information content (AvgIpc) is 2.14. The van der Waals surface area contributed by atoms with E-state index in [1.165, 1.54) is 0 Å². The summed E-state index contributed by atoms with van der Waals surface area (Å²) in [7, 11) is 1.62. The van der Waals surface area contributed by atoms with E-state index in [-0.39, 0.29) is 6.10 Å². The van der Waals surface area contributed by atoms with Gasteiger partial charge in [-0.15, -0.1) is 0 Å². The predicted octanol–water partition coefficient (Wildman–Crippen LogP) is 3.13. The van der Waals surface area contributed by atoms with Crippen molar-refractivity contribution >= 4 is 15.9 Å². The highest BCUT2D eigenvalue weighted by atomic mass is 79.9. The van der Waals surface area contributed by atoms with Crippen LogP contribution in [0.4, 0.5) is 0 Å². The van der Waals surface area contributed by atoms with Gasteiger partial charge in [0, 0.05) is 11.6 Å². The van der Waals surface area contributed by atoms with Gasteiger partial charge in [0.15, 0.2) is 0 Å². The molecule has 0 radical (unpaired) electrons. The minimum Gasteiger partial charge on any atom is -0.359 e. The van der Waals surface area contributed by atoms with Crippen LogP contribution in [0.25, 0.3) is 0 Å². The Hall–Kier alpha value is -0.380. The van der Waals surface area contributed by atoms with Crippen LogP contribution in [0.15, 0.2) is 28.7 Å². The van der Waals surface area contributed by atoms with E-state index in [0.717, 1.165) is 10.0 Å². The number of benzene rings is 1. The van der Waals surface area contributed by atoms with Gasteiger partial charge in [-0.2, -0.15) is 0 Å². The highest BCUT2D eigenvalue weighted by Crippen LogP contribution is 2.20. The largest absolute Gasteiger partial charge is 0.359 e. The maximum Gasteiger partial charge on any atom is 0.147 e. The minimum atomic E-state index is 0.0671. The molecule has 0 saturated carbocycles. The van der Waals surface area contributed by atoms with Gasteiger partial charge >= 0.3 is 0 Å². The summed E-state index contributed by atoms with van der Waals surface area (Å²) in [4.78, 5) is 0. The number of ether oxygens (including phenoxy) is 2. The summed E-state index contributed by atoms with van der Waals surface area (Å²) in [5.41, 5.74) is 1.14. The SMILES string of the molecule is COCOC(C)c1cccc(Br)c1. The second-order valence-corrected chi connectivity index (χ2v) is 3.69. The van der Waals surface area contributed by atoms with Gasteiger partial charge in [0.2, 0.25) is 0 Å². The monoisotopic (exact) mass is 244 g/mol. The molecule has 1 aromatic carbocycles. The van der Waals surface area contributed by atoms with E-state index in [1.807, 2.05) is 31.2 Å². The summed E-state index contributed by atoms with van der Waals surface area (Å²) < 4.78 is 11.3. The first kappa shape index (κ1) is 10.7. The lowest BCUT2D eigenvalue weighted by Crippen LogP contribution is -2.02. The fourth-order valence-electron chi connectivity index (χ4n) is 1.03. The Balaban J connectivity index is 2.60. The summed E-state index contributed by atoms with van der Waals surface area (Å²) >= 11 is 3.41. The van der Waals surface area contributed by atoms with Crippen molar-refractivity contribution in [1.82, 2.24) is 0 Å². The Kier molecular flexibility index (Phi) is 4.42. The Bertz CT molecular complexity index is 263. The van der Waals surface area contributed by atoms with E-state index < -0.39 is 0 Å². The smallest absolute Gasteiger partial charge is 0.147 e. The third kappa shape index (κ3) is 3.46. The maximum absolute atomic E-state index is 5.39. The molecule has 0 amide bonds. The minimum absolute atomic E-state index is 0.0671. The molecule has 1 atom stereocenters. The molecule has 0 aliphatic rings. The summed E-state index contributed by atoms with van der Waals surface area (Å²) in [5.74, 6) is 0. The topological polar surface area (TPSA) is 18.5 Å². The number of hydrogen-bond donors (Lipinski definition) is 0. The van der Waals surface area contributed by atoms with Crippen molar-refractivity contribution in [2.24, 2.45) is 0 Å². The third-order valence-corrected chi connectivity index (χ3v) is 2.25. The van der Waals surface area contributed by atoms with Crippen molar-refractivity contribution < 1.29 is 9.47 Å². The Labute approximate surface area is 87.0 Å². The van der Waals surface area contributed by atoms with E-state index in [4.69, 9.17) is 9.47 Å². The highest BCUT2D eigenvalue weighted by Gasteiger charge is 2.04. The van der Waals surface area contributed by atoms with Crippen LogP contribution in [0.2, 0.25) is 0 Å². The van der Waals surface area contributed by atoms with Crippen LogP contribution in [-0.2, 0) is 9.47 Å². The molecule has 0 heterocycles. The lowest BCUT2D eigenvalue weighted by Gasteiger charge is -2.12. The first-order valence-corrected chi connectivity index (χ1v) is 4.89. The van der Waals surface area contributed by atoms with E-state index in [9.17, 15) is 0 Å². The van der Waals surface area contributed by atoms with Crippen molar-refractivity contribution in [3.63, 3.8) is 0 Å². The molecule has 0 aliphatic carbocycles. The van der Waals surface area contributed by atoms with Crippen LogP contribution in [-0.4, -0.2) is 13.9 Å². The normalized spacial score (nSPS) is 12.8. The quantitative estimate of drug-likeness (QED) is 0.758. The molecule has 0 N–H and O–H groups in total. The molecule has 1 aromatic rings. The fourth-order valence-corrected chi connectivity index (χ4v) is 1.44. The summed E-state index contributed by atoms with van der Waals surface area (Å²) in [6.45, 7) is 2.33. The lowest BCUT2D eigenvalue weighted by atomic mass is 10.1. The first-order chi connectivity index (χ1) is 6.24. The first-order valence-electron chi connectivity index (χ1n) is 4.10. The molecule has 0 aromatic heterocycles. The zero-order valence-electron chi connectivity index (χ0n) is 7.79. The highest BCUT2D eigenvalue weighted by molar-refractivity contribution is 9.10. The van der Waals surface area contributed by atoms with Gasteiger partial charge in [-0.05, 0) is 24.6 Å². The predicted molar refractivity (Wildman–Crippen MR) is 55.5 cm³/mol. The molecular formula is C10H13BrO2. The number of rotatable bonds is 4. The van der Waals surface area contributed by atoms with E-state index in [1.54, 1.807) is 7.11 Å². The van der Waals surface area contributed by atoms with Crippen LogP contribution in [0, 0.1) is 0 Å². The van der Waals surface area contributed by atoms with E-state index in [0.29, 0.717) is 6.79 Å². The maximum atomic E-state index is 5.39. The third-order valence-electron chi connectivity index (χ3n) is 1.75. The van der Waals surface area contributed by atoms with Crippen molar-refractivity contribution in [2.45, 2.75) is 13.0 Å². The molecule has 0 bridgehead atoms. The van der Waals surface area contributed by atoms with Gasteiger partial charge in [0.25, 0.3) is 0 Å². The van der Waals surface area contributed by atoms with Crippen LogP contribution in [0.3, 0.4) is 0 Å². The molecule has 0 fully saturated rings. The van der Waals surface area contributed by atoms with Crippen LogP contribution in [0.1, 0.15) is 18.6 Å². The van der Waals surface area contributed by atoms with Crippen molar-refractivity contribution in [3.05, 3.63) is 34.3 Å². The summed E-state index contributed by atoms with van der Waals surface area (Å²) in [5, 5.41) is 0. The molecule has 0 aliphatic heterocycles. The molecule has 1 unspecified atom stereocenters. The van der Waals surface area contributed by atoms with Gasteiger partial charge in [-0.25, -0.2) is 0 Å². The van der Waals surface area contributed by atoms with Crippen molar-refractivity contribution in [1.29, 1.82) is 0 Å². The molecule has 0 saturated heterocycles. The second-order valence-electron chi connectivity index (χ2n) is 2.77. The van der Waals surface area contributed by atoms with Gasteiger partial charge in [-0.1, -0.05) is 28.1 Å². The number of halogens is 1. The van der Waals surface area contributed by atoms with Gasteiger partial charge < -0.3 is 9.47 Å². The van der Waals surface area contributed by atoms with Crippen LogP contribution in [0.5, 0.6) is 0 Å². The summed E-state index contributed by atoms with van der Waals surface area (Å²) in [6, 6.07) is 8.06. The number of methoxy groups -OCH3 is 1. The molecular weight excluding hydrogens is 232 g/mol. The van der Waals surface area contributed by atoms with Crippen molar-refractivity contribution in [2.75, 3.05) is 13.9 Å². The fraction of sp³-hybridized carbons (Fsp3) is 0.400. The zero-order valence-corrected chi connectivity index (χ0v) is 9.37. The van der Waals surface area contributed by atoms with E-state index >= 15 is 0 Å². The lowest BCUT2D eigenvalue weighted by molar-refractivity contribution is -0.0666. The van der Waals surface area contributed by atoms with Gasteiger partial charge in [0.05, 0.1) is 6.10 Å². The Morgan fingerprint density at radius 2 is 2.23 bits per heavy atom. The Morgan fingerprint density at radius 3 is 2.85 bits per heavy atom. The zero-order chi connectivity index (χ0) is 9.68. The number of hydrogen-bond acceptors (Lipinski definition) is 2. The van der Waals surface area contributed by atoms with Crippen molar-refractivity contribution in [3.8, 4) is 0 Å². The van der Waals surface area contributed by atoms with Gasteiger partial charge in [0.1, 0.15) is 6.79 Å². The van der Waals surface area contributed by atoms with E-state index in [2.05, 4.69) is 15.9 Å². The standard InChI is InChI=1S/C10H13BrO2/c1-8(13-7-12-2)9-4-3-5-10(11)6-9/h3-6,8H,7H2,1-2H3. The average molecular weight is 245 g/mol. The van der Waals surface area contributed by atoms with Crippen LogP contribution < -0.4 is 0 Å². The molecule has 0 spiro atoms. The summed E-state index contributed by atoms with van der Waals surface area (Å²) in [6.07, 6.45) is 0.0671. The second kappa shape index (κ2) is 5.37. The molecule has 3 heteroatoms. The Morgan fingerprint density at radius 1 is 1.46 bits per heavy atom. The van der Waals surface area contributed by atoms with Gasteiger partial charge in [-0.3, -0.25) is 0 Å². The molecule has 13 heavy (non-hydrogen) atoms. The molecule has 2 nitrogen and oxygen atoms in total.